The van der Waals surface area contributed by atoms with Crippen molar-refractivity contribution in [2.75, 3.05) is 19.5 Å². The zero-order valence-corrected chi connectivity index (χ0v) is 12.1. The molecule has 108 valence electrons. The Hall–Kier alpha value is -1.73. The predicted octanol–water partition coefficient (Wildman–Crippen LogP) is 1.53. The van der Waals surface area contributed by atoms with Crippen LogP contribution in [0.15, 0.2) is 28.3 Å². The Kier molecular flexibility index (Phi) is 4.86. The van der Waals surface area contributed by atoms with Gasteiger partial charge in [-0.15, -0.1) is 0 Å². The van der Waals surface area contributed by atoms with Crippen LogP contribution in [0.2, 0.25) is 0 Å². The van der Waals surface area contributed by atoms with Crippen LogP contribution in [-0.4, -0.2) is 46.6 Å². The second-order valence-corrected chi connectivity index (χ2v) is 5.36. The summed E-state index contributed by atoms with van der Waals surface area (Å²) in [6.07, 6.45) is 0. The van der Waals surface area contributed by atoms with Gasteiger partial charge >= 0.3 is 0 Å². The molecule has 1 aliphatic rings. The maximum atomic E-state index is 9.80. The summed E-state index contributed by atoms with van der Waals surface area (Å²) in [7, 11) is 1.64. The van der Waals surface area contributed by atoms with Crippen LogP contribution < -0.4 is 5.43 Å². The van der Waals surface area contributed by atoms with Gasteiger partial charge in [-0.25, -0.2) is 0 Å². The Bertz CT molecular complexity index is 546. The summed E-state index contributed by atoms with van der Waals surface area (Å²) in [6, 6.07) is 4.52. The summed E-state index contributed by atoms with van der Waals surface area (Å²) in [4.78, 5) is 4.42. The topological polar surface area (TPSA) is 86.4 Å². The molecule has 0 unspecified atom stereocenters. The highest BCUT2D eigenvalue weighted by atomic mass is 32.2. The average molecular weight is 295 g/mol. The van der Waals surface area contributed by atoms with Crippen LogP contribution in [0.4, 0.5) is 0 Å². The molecule has 0 saturated carbocycles. The average Bonchev–Trinajstić information content (AvgIpc) is 2.40. The number of ether oxygens (including phenoxy) is 1. The molecular formula is C13H17N3O3S. The molecule has 3 N–H and O–H groups in total. The maximum absolute atomic E-state index is 9.80. The number of benzene rings is 1. The molecule has 0 bridgehead atoms. The molecule has 1 aliphatic heterocycles. The number of phenols is 2. The third-order valence-electron chi connectivity index (χ3n) is 2.67. The number of nitrogens with one attached hydrogen (secondary N) is 1. The minimum Gasteiger partial charge on any atom is -0.508 e. The van der Waals surface area contributed by atoms with Crippen molar-refractivity contribution < 1.29 is 14.9 Å². The first-order chi connectivity index (χ1) is 9.60. The number of hydrogen-bond acceptors (Lipinski definition) is 6. The van der Waals surface area contributed by atoms with Gasteiger partial charge < -0.3 is 14.9 Å². The highest BCUT2D eigenvalue weighted by Crippen LogP contribution is 2.25. The molecule has 0 amide bonds. The van der Waals surface area contributed by atoms with E-state index in [0.717, 1.165) is 5.17 Å². The molecule has 0 aliphatic carbocycles. The van der Waals surface area contributed by atoms with Crippen LogP contribution in [0, 0.1) is 0 Å². The second kappa shape index (κ2) is 6.62. The van der Waals surface area contributed by atoms with E-state index in [2.05, 4.69) is 15.5 Å². The van der Waals surface area contributed by atoms with Gasteiger partial charge in [0, 0.05) is 24.5 Å². The number of rotatable bonds is 4. The number of hydrogen-bond donors (Lipinski definition) is 3. The Morgan fingerprint density at radius 1 is 1.50 bits per heavy atom. The summed E-state index contributed by atoms with van der Waals surface area (Å²) >= 11 is 1.51. The predicted molar refractivity (Wildman–Crippen MR) is 80.7 cm³/mol. The minimum absolute atomic E-state index is 0.0132. The van der Waals surface area contributed by atoms with Crippen molar-refractivity contribution >= 4 is 22.6 Å². The first kappa shape index (κ1) is 14.7. The number of aromatic hydroxyl groups is 2. The molecule has 20 heavy (non-hydrogen) atoms. The van der Waals surface area contributed by atoms with Gasteiger partial charge in [0.1, 0.15) is 11.5 Å². The van der Waals surface area contributed by atoms with Crippen molar-refractivity contribution in [3.63, 3.8) is 0 Å². The van der Waals surface area contributed by atoms with E-state index in [1.54, 1.807) is 13.2 Å². The van der Waals surface area contributed by atoms with Gasteiger partial charge in [0.2, 0.25) is 0 Å². The normalized spacial score (nSPS) is 18.5. The smallest absolute Gasteiger partial charge is 0.177 e. The van der Waals surface area contributed by atoms with Gasteiger partial charge in [-0.1, -0.05) is 11.8 Å². The third kappa shape index (κ3) is 3.64. The molecule has 0 fully saturated rings. The molecule has 7 heteroatoms. The third-order valence-corrected chi connectivity index (χ3v) is 3.56. The van der Waals surface area contributed by atoms with Crippen LogP contribution >= 0.6 is 11.8 Å². The molecule has 0 radical (unpaired) electrons. The zero-order chi connectivity index (χ0) is 14.5. The first-order valence-corrected chi connectivity index (χ1v) is 7.13. The fraction of sp³-hybridized carbons (Fsp3) is 0.385. The van der Waals surface area contributed by atoms with Crippen molar-refractivity contribution in [2.45, 2.75) is 13.0 Å². The van der Waals surface area contributed by atoms with Crippen molar-refractivity contribution in [1.29, 1.82) is 0 Å². The van der Waals surface area contributed by atoms with E-state index in [0.29, 0.717) is 23.6 Å². The van der Waals surface area contributed by atoms with Crippen LogP contribution in [0.3, 0.4) is 0 Å². The number of nitrogens with zero attached hydrogens (tertiary/aromatic N) is 2. The Morgan fingerprint density at radius 3 is 2.90 bits per heavy atom. The lowest BCUT2D eigenvalue weighted by Gasteiger charge is -2.17. The molecular weight excluding hydrogens is 278 g/mol. The first-order valence-electron chi connectivity index (χ1n) is 6.14. The fourth-order valence-corrected chi connectivity index (χ4v) is 2.62. The van der Waals surface area contributed by atoms with Crippen LogP contribution in [-0.2, 0) is 4.74 Å². The molecule has 1 aromatic carbocycles. The molecule has 0 aromatic heterocycles. The van der Waals surface area contributed by atoms with Gasteiger partial charge in [0.05, 0.1) is 18.4 Å². The quantitative estimate of drug-likeness (QED) is 0.784. The van der Waals surface area contributed by atoms with Crippen LogP contribution in [0.1, 0.15) is 12.5 Å². The molecule has 1 atom stereocenters. The standard InChI is InChI=1S/C13H17N3O3S/c1-8(6-19-2)14-13-16-15-11(7-20-13)10-4-3-9(17)5-12(10)18/h3-5,8,17-18H,6-7H2,1-2H3,(H,14,16)/t8-/m0/s1. The van der Waals surface area contributed by atoms with E-state index in [-0.39, 0.29) is 17.5 Å². The van der Waals surface area contributed by atoms with Gasteiger partial charge in [-0.05, 0) is 19.1 Å². The summed E-state index contributed by atoms with van der Waals surface area (Å²) in [5.41, 5.74) is 4.19. The number of aliphatic imine (C=N–C) groups is 1. The largest absolute Gasteiger partial charge is 0.508 e. The molecule has 0 spiro atoms. The van der Waals surface area contributed by atoms with E-state index in [4.69, 9.17) is 4.74 Å². The molecule has 0 saturated heterocycles. The number of methoxy groups -OCH3 is 1. The lowest BCUT2D eigenvalue weighted by atomic mass is 10.1. The Morgan fingerprint density at radius 2 is 2.30 bits per heavy atom. The van der Waals surface area contributed by atoms with Crippen molar-refractivity contribution in [1.82, 2.24) is 5.43 Å². The van der Waals surface area contributed by atoms with Crippen molar-refractivity contribution in [3.8, 4) is 11.5 Å². The van der Waals surface area contributed by atoms with Gasteiger partial charge in [0.15, 0.2) is 5.17 Å². The number of hydrazone groups is 1. The number of phenolic OH excluding ortho intramolecular Hbond substituents is 2. The fourth-order valence-electron chi connectivity index (χ4n) is 1.76. The molecule has 1 aromatic rings. The molecule has 2 rings (SSSR count). The van der Waals surface area contributed by atoms with Gasteiger partial charge in [-0.2, -0.15) is 5.10 Å². The Labute approximate surface area is 121 Å². The monoisotopic (exact) mass is 295 g/mol. The molecule has 6 nitrogen and oxygen atoms in total. The van der Waals surface area contributed by atoms with Gasteiger partial charge in [0.25, 0.3) is 0 Å². The minimum atomic E-state index is 0.0132. The van der Waals surface area contributed by atoms with Crippen LogP contribution in [0.25, 0.3) is 0 Å². The summed E-state index contributed by atoms with van der Waals surface area (Å²) < 4.78 is 5.03. The summed E-state index contributed by atoms with van der Waals surface area (Å²) in [5, 5.41) is 24.0. The van der Waals surface area contributed by atoms with E-state index in [1.807, 2.05) is 6.92 Å². The maximum Gasteiger partial charge on any atom is 0.177 e. The number of amidine groups is 1. The zero-order valence-electron chi connectivity index (χ0n) is 11.3. The van der Waals surface area contributed by atoms with Gasteiger partial charge in [-0.3, -0.25) is 10.4 Å². The highest BCUT2D eigenvalue weighted by molar-refractivity contribution is 8.14. The van der Waals surface area contributed by atoms with E-state index < -0.39 is 0 Å². The second-order valence-electron chi connectivity index (χ2n) is 4.40. The summed E-state index contributed by atoms with van der Waals surface area (Å²) in [6.45, 7) is 2.52. The number of thioether (sulfide) groups is 1. The van der Waals surface area contributed by atoms with E-state index in [1.165, 1.54) is 23.9 Å². The van der Waals surface area contributed by atoms with Crippen molar-refractivity contribution in [3.05, 3.63) is 23.8 Å². The molecule has 1 heterocycles. The highest BCUT2D eigenvalue weighted by Gasteiger charge is 2.16. The lowest BCUT2D eigenvalue weighted by Crippen LogP contribution is -2.27. The van der Waals surface area contributed by atoms with E-state index >= 15 is 0 Å². The van der Waals surface area contributed by atoms with E-state index in [9.17, 15) is 10.2 Å². The summed E-state index contributed by atoms with van der Waals surface area (Å²) in [5.74, 6) is 0.641. The lowest BCUT2D eigenvalue weighted by molar-refractivity contribution is 0.186. The van der Waals surface area contributed by atoms with Crippen molar-refractivity contribution in [2.24, 2.45) is 10.1 Å². The van der Waals surface area contributed by atoms with Crippen LogP contribution in [0.5, 0.6) is 11.5 Å². The SMILES string of the molecule is COC[C@H](C)N=C1NN=C(c2ccc(O)cc2O)CS1. The Balaban J connectivity index is 2.09.